The van der Waals surface area contributed by atoms with Crippen molar-refractivity contribution in [1.29, 1.82) is 0 Å². The molecule has 3 heteroatoms. The highest BCUT2D eigenvalue weighted by atomic mass is 16.3. The maximum Gasteiger partial charge on any atom is 0.122 e. The van der Waals surface area contributed by atoms with Gasteiger partial charge in [-0.2, -0.15) is 0 Å². The van der Waals surface area contributed by atoms with Gasteiger partial charge in [0, 0.05) is 39.3 Å². The van der Waals surface area contributed by atoms with Gasteiger partial charge in [-0.1, -0.05) is 140 Å². The molecule has 0 atom stereocenters. The maximum absolute atomic E-state index is 11.1. The number of hydrogen-bond acceptors (Lipinski definition) is 3. The minimum atomic E-state index is 0.266. The van der Waals surface area contributed by atoms with Crippen molar-refractivity contribution >= 4 is 0 Å². The van der Waals surface area contributed by atoms with Crippen LogP contribution in [-0.4, -0.2) is 28.0 Å². The SMILES string of the molecule is Cc1c(C(C)C)cc(CN(CCN(Cc2ccccc2)Cc2cc(C(C)C)c(O)c(C(C)C)c2)Cc2ccccc2)cc1C(C)C. The summed E-state index contributed by atoms with van der Waals surface area (Å²) < 4.78 is 0. The second kappa shape index (κ2) is 16.4. The third kappa shape index (κ3) is 9.56. The van der Waals surface area contributed by atoms with E-state index in [-0.39, 0.29) is 11.8 Å². The Bertz CT molecular complexity index is 1350. The van der Waals surface area contributed by atoms with Crippen LogP contribution in [0.4, 0.5) is 0 Å². The molecule has 0 saturated carbocycles. The number of phenols is 1. The molecule has 0 aromatic heterocycles. The van der Waals surface area contributed by atoms with Crippen molar-refractivity contribution in [2.75, 3.05) is 13.1 Å². The van der Waals surface area contributed by atoms with Crippen LogP contribution in [0.1, 0.15) is 129 Å². The lowest BCUT2D eigenvalue weighted by Gasteiger charge is -2.29. The molecule has 3 nitrogen and oxygen atoms in total. The molecule has 4 aromatic rings. The van der Waals surface area contributed by atoms with Crippen LogP contribution < -0.4 is 0 Å². The van der Waals surface area contributed by atoms with Crippen LogP contribution in [0.15, 0.2) is 84.9 Å². The predicted molar refractivity (Wildman–Crippen MR) is 197 cm³/mol. The first-order valence-corrected chi connectivity index (χ1v) is 17.4. The van der Waals surface area contributed by atoms with Gasteiger partial charge in [-0.15, -0.1) is 0 Å². The first kappa shape index (κ1) is 35.5. The molecular formula is C43H58N2O. The molecule has 4 aromatic carbocycles. The first-order chi connectivity index (χ1) is 21.9. The zero-order valence-corrected chi connectivity index (χ0v) is 30.0. The smallest absolute Gasteiger partial charge is 0.122 e. The van der Waals surface area contributed by atoms with Crippen LogP contribution in [0.3, 0.4) is 0 Å². The molecule has 0 fully saturated rings. The highest BCUT2D eigenvalue weighted by Gasteiger charge is 2.19. The summed E-state index contributed by atoms with van der Waals surface area (Å²) in [7, 11) is 0. The fraction of sp³-hybridized carbons (Fsp3) is 0.442. The van der Waals surface area contributed by atoms with Crippen LogP contribution in [0, 0.1) is 6.92 Å². The Balaban J connectivity index is 1.66. The molecule has 246 valence electrons. The van der Waals surface area contributed by atoms with Crippen LogP contribution in [0.5, 0.6) is 5.75 Å². The minimum Gasteiger partial charge on any atom is -0.507 e. The van der Waals surface area contributed by atoms with Gasteiger partial charge in [0.1, 0.15) is 5.75 Å². The zero-order valence-electron chi connectivity index (χ0n) is 30.0. The number of rotatable bonds is 15. The van der Waals surface area contributed by atoms with Gasteiger partial charge in [0.25, 0.3) is 0 Å². The minimum absolute atomic E-state index is 0.266. The van der Waals surface area contributed by atoms with Crippen LogP contribution >= 0.6 is 0 Å². The van der Waals surface area contributed by atoms with Gasteiger partial charge in [-0.25, -0.2) is 0 Å². The van der Waals surface area contributed by atoms with Crippen molar-refractivity contribution in [2.24, 2.45) is 0 Å². The van der Waals surface area contributed by atoms with Gasteiger partial charge in [0.2, 0.25) is 0 Å². The molecule has 0 amide bonds. The van der Waals surface area contributed by atoms with Crippen molar-refractivity contribution in [1.82, 2.24) is 9.80 Å². The molecule has 0 aliphatic heterocycles. The van der Waals surface area contributed by atoms with E-state index in [1.54, 1.807) is 0 Å². The van der Waals surface area contributed by atoms with E-state index >= 15 is 0 Å². The average Bonchev–Trinajstić information content (AvgIpc) is 3.01. The van der Waals surface area contributed by atoms with Gasteiger partial charge in [-0.3, -0.25) is 9.80 Å². The van der Waals surface area contributed by atoms with E-state index < -0.39 is 0 Å². The van der Waals surface area contributed by atoms with E-state index in [4.69, 9.17) is 0 Å². The van der Waals surface area contributed by atoms with Gasteiger partial charge >= 0.3 is 0 Å². The summed E-state index contributed by atoms with van der Waals surface area (Å²) in [5.41, 5.74) is 11.8. The Morgan fingerprint density at radius 3 is 1.09 bits per heavy atom. The van der Waals surface area contributed by atoms with E-state index in [1.807, 2.05) is 0 Å². The Hall–Kier alpha value is -3.40. The molecule has 0 unspecified atom stereocenters. The molecule has 0 heterocycles. The van der Waals surface area contributed by atoms with E-state index in [0.717, 1.165) is 50.4 Å². The topological polar surface area (TPSA) is 26.7 Å². The lowest BCUT2D eigenvalue weighted by atomic mass is 9.87. The van der Waals surface area contributed by atoms with E-state index in [9.17, 15) is 5.11 Å². The van der Waals surface area contributed by atoms with Crippen molar-refractivity contribution in [3.63, 3.8) is 0 Å². The van der Waals surface area contributed by atoms with Crippen molar-refractivity contribution in [3.8, 4) is 5.75 Å². The molecule has 0 aliphatic rings. The summed E-state index contributed by atoms with van der Waals surface area (Å²) in [6.07, 6.45) is 0. The third-order valence-electron chi connectivity index (χ3n) is 9.31. The van der Waals surface area contributed by atoms with Crippen LogP contribution in [0.25, 0.3) is 0 Å². The van der Waals surface area contributed by atoms with Gasteiger partial charge in [0.05, 0.1) is 0 Å². The summed E-state index contributed by atoms with van der Waals surface area (Å²) in [5.74, 6) is 2.00. The van der Waals surface area contributed by atoms with E-state index in [1.165, 1.54) is 38.9 Å². The van der Waals surface area contributed by atoms with Crippen molar-refractivity contribution < 1.29 is 5.11 Å². The molecule has 0 radical (unpaired) electrons. The normalized spacial score (nSPS) is 12.1. The number of phenolic OH excluding ortho intramolecular Hbond substituents is 1. The lowest BCUT2D eigenvalue weighted by molar-refractivity contribution is 0.182. The molecule has 0 bridgehead atoms. The molecule has 0 aliphatic carbocycles. The van der Waals surface area contributed by atoms with E-state index in [0.29, 0.717) is 17.6 Å². The average molecular weight is 619 g/mol. The molecule has 0 spiro atoms. The molecular weight excluding hydrogens is 560 g/mol. The quantitative estimate of drug-likeness (QED) is 0.144. The highest BCUT2D eigenvalue weighted by molar-refractivity contribution is 5.47. The number of aromatic hydroxyl groups is 1. The summed E-state index contributed by atoms with van der Waals surface area (Å²) in [6.45, 7) is 25.7. The van der Waals surface area contributed by atoms with Gasteiger partial charge < -0.3 is 5.11 Å². The number of nitrogens with zero attached hydrogens (tertiary/aromatic N) is 2. The van der Waals surface area contributed by atoms with Crippen LogP contribution in [0.2, 0.25) is 0 Å². The standard InChI is InChI=1S/C43H58N2O/c1-30(2)39-22-37(23-40(31(3)4)34(39)9)28-44(26-35-16-12-10-13-17-35)20-21-45(27-36-18-14-11-15-19-36)29-38-24-41(32(5)6)43(46)42(25-38)33(7)8/h10-19,22-25,30-33,46H,20-21,26-29H2,1-9H3. The number of hydrogen-bond donors (Lipinski definition) is 1. The summed E-state index contributed by atoms with van der Waals surface area (Å²) in [4.78, 5) is 5.21. The third-order valence-corrected chi connectivity index (χ3v) is 9.31. The van der Waals surface area contributed by atoms with E-state index in [2.05, 4.69) is 157 Å². The fourth-order valence-corrected chi connectivity index (χ4v) is 6.74. The summed E-state index contributed by atoms with van der Waals surface area (Å²) >= 11 is 0. The molecule has 4 rings (SSSR count). The van der Waals surface area contributed by atoms with Crippen molar-refractivity contribution in [3.05, 3.63) is 135 Å². The second-order valence-corrected chi connectivity index (χ2v) is 14.5. The Morgan fingerprint density at radius 1 is 0.457 bits per heavy atom. The lowest BCUT2D eigenvalue weighted by Crippen LogP contribution is -2.34. The largest absolute Gasteiger partial charge is 0.507 e. The predicted octanol–water partition coefficient (Wildman–Crippen LogP) is 10.9. The Morgan fingerprint density at radius 2 is 0.761 bits per heavy atom. The van der Waals surface area contributed by atoms with Gasteiger partial charge in [-0.05, 0) is 80.7 Å². The van der Waals surface area contributed by atoms with Crippen LogP contribution in [-0.2, 0) is 26.2 Å². The Labute approximate surface area is 280 Å². The monoisotopic (exact) mass is 618 g/mol. The van der Waals surface area contributed by atoms with Gasteiger partial charge in [0.15, 0.2) is 0 Å². The summed E-state index contributed by atoms with van der Waals surface area (Å²) in [5, 5.41) is 11.1. The first-order valence-electron chi connectivity index (χ1n) is 17.4. The zero-order chi connectivity index (χ0) is 33.4. The molecule has 0 saturated heterocycles. The number of benzene rings is 4. The highest BCUT2D eigenvalue weighted by Crippen LogP contribution is 2.35. The maximum atomic E-state index is 11.1. The fourth-order valence-electron chi connectivity index (χ4n) is 6.74. The summed E-state index contributed by atoms with van der Waals surface area (Å²) in [6, 6.07) is 31.1. The second-order valence-electron chi connectivity index (χ2n) is 14.5. The molecule has 46 heavy (non-hydrogen) atoms. The molecule has 1 N–H and O–H groups in total. The Kier molecular flexibility index (Phi) is 12.7. The van der Waals surface area contributed by atoms with Crippen molar-refractivity contribution in [2.45, 2.75) is 112 Å².